The van der Waals surface area contributed by atoms with Crippen molar-refractivity contribution in [2.24, 2.45) is 0 Å². The molecular weight excluding hydrogens is 371 g/mol. The predicted octanol–water partition coefficient (Wildman–Crippen LogP) is 3.38. The molecule has 2 aromatic rings. The number of alkyl halides is 3. The molecule has 2 aromatic carbocycles. The molecule has 1 amide bonds. The van der Waals surface area contributed by atoms with Crippen LogP contribution in [-0.2, 0) is 20.8 Å². The SMILES string of the molecule is CC(CS(=O)(=O)c1ccc(-c2ccc(C(F)(F)F)cc2)cc1)N(O)C=O. The lowest BCUT2D eigenvalue weighted by Crippen LogP contribution is -2.34. The molecule has 1 unspecified atom stereocenters. The Balaban J connectivity index is 2.21. The van der Waals surface area contributed by atoms with Gasteiger partial charge in [0.2, 0.25) is 6.41 Å². The molecule has 0 radical (unpaired) electrons. The zero-order chi connectivity index (χ0) is 19.5. The number of amides is 1. The molecule has 0 aromatic heterocycles. The summed E-state index contributed by atoms with van der Waals surface area (Å²) in [6.07, 6.45) is -4.30. The average Bonchev–Trinajstić information content (AvgIpc) is 2.60. The van der Waals surface area contributed by atoms with Crippen molar-refractivity contribution in [2.45, 2.75) is 24.0 Å². The first kappa shape index (κ1) is 19.9. The quantitative estimate of drug-likeness (QED) is 0.468. The first-order valence-corrected chi connectivity index (χ1v) is 9.13. The zero-order valence-electron chi connectivity index (χ0n) is 13.6. The highest BCUT2D eigenvalue weighted by atomic mass is 32.2. The maximum Gasteiger partial charge on any atom is 0.416 e. The third-order valence-electron chi connectivity index (χ3n) is 3.78. The van der Waals surface area contributed by atoms with Crippen LogP contribution in [0.2, 0.25) is 0 Å². The van der Waals surface area contributed by atoms with Gasteiger partial charge in [0.1, 0.15) is 0 Å². The Hall–Kier alpha value is -2.39. The maximum absolute atomic E-state index is 12.6. The molecule has 0 saturated heterocycles. The van der Waals surface area contributed by atoms with Gasteiger partial charge in [-0.05, 0) is 42.3 Å². The summed E-state index contributed by atoms with van der Waals surface area (Å²) in [5.41, 5.74) is 0.304. The van der Waals surface area contributed by atoms with E-state index in [4.69, 9.17) is 0 Å². The van der Waals surface area contributed by atoms with Crippen LogP contribution < -0.4 is 0 Å². The van der Waals surface area contributed by atoms with Crippen LogP contribution >= 0.6 is 0 Å². The van der Waals surface area contributed by atoms with Crippen molar-refractivity contribution in [1.29, 1.82) is 0 Å². The van der Waals surface area contributed by atoms with E-state index in [0.29, 0.717) is 11.1 Å². The fourth-order valence-corrected chi connectivity index (χ4v) is 3.83. The number of carbonyl (C=O) groups is 1. The molecule has 0 aliphatic rings. The molecule has 2 rings (SSSR count). The topological polar surface area (TPSA) is 74.7 Å². The molecule has 0 aliphatic heterocycles. The number of benzene rings is 2. The summed E-state index contributed by atoms with van der Waals surface area (Å²) >= 11 is 0. The average molecular weight is 387 g/mol. The van der Waals surface area contributed by atoms with Crippen molar-refractivity contribution < 1.29 is 31.6 Å². The van der Waals surface area contributed by atoms with Crippen LogP contribution in [0.4, 0.5) is 13.2 Å². The molecule has 9 heteroatoms. The van der Waals surface area contributed by atoms with Crippen molar-refractivity contribution >= 4 is 16.2 Å². The van der Waals surface area contributed by atoms with Gasteiger partial charge in [0.15, 0.2) is 9.84 Å². The molecule has 0 bridgehead atoms. The fraction of sp³-hybridized carbons (Fsp3) is 0.235. The van der Waals surface area contributed by atoms with Gasteiger partial charge in [-0.15, -0.1) is 0 Å². The van der Waals surface area contributed by atoms with Crippen LogP contribution in [-0.4, -0.2) is 36.9 Å². The van der Waals surface area contributed by atoms with Crippen LogP contribution in [0.25, 0.3) is 11.1 Å². The smallest absolute Gasteiger partial charge is 0.286 e. The van der Waals surface area contributed by atoms with Gasteiger partial charge in [-0.25, -0.2) is 13.5 Å². The van der Waals surface area contributed by atoms with Gasteiger partial charge in [0, 0.05) is 0 Å². The number of carbonyl (C=O) groups excluding carboxylic acids is 1. The number of nitrogens with zero attached hydrogens (tertiary/aromatic N) is 1. The van der Waals surface area contributed by atoms with E-state index >= 15 is 0 Å². The Labute approximate surface area is 148 Å². The molecule has 0 aliphatic carbocycles. The Morgan fingerprint density at radius 3 is 1.92 bits per heavy atom. The van der Waals surface area contributed by atoms with Gasteiger partial charge >= 0.3 is 6.18 Å². The summed E-state index contributed by atoms with van der Waals surface area (Å²) in [7, 11) is -3.75. The Kier molecular flexibility index (Phi) is 5.72. The number of hydroxylamine groups is 2. The second kappa shape index (κ2) is 7.46. The normalized spacial score (nSPS) is 13.3. The number of sulfone groups is 1. The van der Waals surface area contributed by atoms with Crippen molar-refractivity contribution in [3.8, 4) is 11.1 Å². The standard InChI is InChI=1S/C17H16F3NO4S/c1-12(21(23)11-22)10-26(24,25)16-8-4-14(5-9-16)13-2-6-15(7-3-13)17(18,19)20/h2-9,11-12,23H,10H2,1H3. The lowest BCUT2D eigenvalue weighted by molar-refractivity contribution is -0.156. The third-order valence-corrected chi connectivity index (χ3v) is 5.69. The summed E-state index contributed by atoms with van der Waals surface area (Å²) in [4.78, 5) is 10.5. The van der Waals surface area contributed by atoms with E-state index in [1.54, 1.807) is 0 Å². The minimum Gasteiger partial charge on any atom is -0.286 e. The first-order valence-electron chi connectivity index (χ1n) is 7.47. The number of rotatable bonds is 6. The highest BCUT2D eigenvalue weighted by Gasteiger charge is 2.30. The van der Waals surface area contributed by atoms with E-state index in [1.807, 2.05) is 0 Å². The van der Waals surface area contributed by atoms with Crippen molar-refractivity contribution in [3.05, 3.63) is 54.1 Å². The van der Waals surface area contributed by atoms with Gasteiger partial charge in [0.05, 0.1) is 22.3 Å². The van der Waals surface area contributed by atoms with Crippen LogP contribution in [0.1, 0.15) is 12.5 Å². The molecular formula is C17H16F3NO4S. The lowest BCUT2D eigenvalue weighted by Gasteiger charge is -2.17. The monoisotopic (exact) mass is 387 g/mol. The van der Waals surface area contributed by atoms with E-state index < -0.39 is 33.4 Å². The van der Waals surface area contributed by atoms with Crippen molar-refractivity contribution in [1.82, 2.24) is 5.06 Å². The number of hydrogen-bond donors (Lipinski definition) is 1. The van der Waals surface area contributed by atoms with Crippen LogP contribution in [0.5, 0.6) is 0 Å². The summed E-state index contributed by atoms with van der Waals surface area (Å²) in [5, 5.41) is 9.50. The predicted molar refractivity (Wildman–Crippen MR) is 88.1 cm³/mol. The summed E-state index contributed by atoms with van der Waals surface area (Å²) in [5.74, 6) is -0.470. The number of hydrogen-bond acceptors (Lipinski definition) is 4. The maximum atomic E-state index is 12.6. The highest BCUT2D eigenvalue weighted by molar-refractivity contribution is 7.91. The molecule has 1 N–H and O–H groups in total. The molecule has 0 heterocycles. The second-order valence-electron chi connectivity index (χ2n) is 5.72. The van der Waals surface area contributed by atoms with Gasteiger partial charge in [-0.1, -0.05) is 24.3 Å². The summed E-state index contributed by atoms with van der Waals surface area (Å²) in [6, 6.07) is 9.23. The van der Waals surface area contributed by atoms with E-state index in [2.05, 4.69) is 0 Å². The first-order chi connectivity index (χ1) is 12.0. The molecule has 0 fully saturated rings. The van der Waals surface area contributed by atoms with Gasteiger partial charge in [-0.2, -0.15) is 13.2 Å². The lowest BCUT2D eigenvalue weighted by atomic mass is 10.0. The van der Waals surface area contributed by atoms with E-state index in [1.165, 1.54) is 43.3 Å². The molecule has 1 atom stereocenters. The van der Waals surface area contributed by atoms with E-state index in [9.17, 15) is 31.6 Å². The fourth-order valence-electron chi connectivity index (χ4n) is 2.30. The van der Waals surface area contributed by atoms with Crippen LogP contribution in [0.15, 0.2) is 53.4 Å². The van der Waals surface area contributed by atoms with E-state index in [-0.39, 0.29) is 16.4 Å². The van der Waals surface area contributed by atoms with Crippen LogP contribution in [0.3, 0.4) is 0 Å². The minimum absolute atomic E-state index is 0.0145. The molecule has 0 spiro atoms. The minimum atomic E-state index is -4.42. The van der Waals surface area contributed by atoms with Crippen LogP contribution in [0, 0.1) is 0 Å². The van der Waals surface area contributed by atoms with E-state index in [0.717, 1.165) is 12.1 Å². The van der Waals surface area contributed by atoms with Gasteiger partial charge in [0.25, 0.3) is 0 Å². The summed E-state index contributed by atoms with van der Waals surface area (Å²) < 4.78 is 62.3. The highest BCUT2D eigenvalue weighted by Crippen LogP contribution is 2.31. The zero-order valence-corrected chi connectivity index (χ0v) is 14.5. The Bertz CT molecular complexity index is 862. The molecule has 0 saturated carbocycles. The summed E-state index contributed by atoms with van der Waals surface area (Å²) in [6.45, 7) is 1.38. The third kappa shape index (κ3) is 4.61. The Morgan fingerprint density at radius 1 is 1.04 bits per heavy atom. The number of halogens is 3. The molecule has 26 heavy (non-hydrogen) atoms. The molecule has 140 valence electrons. The Morgan fingerprint density at radius 2 is 1.50 bits per heavy atom. The second-order valence-corrected chi connectivity index (χ2v) is 7.75. The van der Waals surface area contributed by atoms with Crippen molar-refractivity contribution in [3.63, 3.8) is 0 Å². The van der Waals surface area contributed by atoms with Crippen molar-refractivity contribution in [2.75, 3.05) is 5.75 Å². The van der Waals surface area contributed by atoms with Gasteiger partial charge in [-0.3, -0.25) is 10.0 Å². The molecule has 5 nitrogen and oxygen atoms in total. The largest absolute Gasteiger partial charge is 0.416 e. The van der Waals surface area contributed by atoms with Gasteiger partial charge < -0.3 is 0 Å².